The van der Waals surface area contributed by atoms with Gasteiger partial charge in [-0.15, -0.1) is 0 Å². The number of carbonyl (C=O) groups is 1. The van der Waals surface area contributed by atoms with E-state index in [9.17, 15) is 4.79 Å². The van der Waals surface area contributed by atoms with Crippen molar-refractivity contribution < 1.29 is 4.79 Å². The Labute approximate surface area is 205 Å². The first-order valence-corrected chi connectivity index (χ1v) is 11.9. The van der Waals surface area contributed by atoms with Crippen LogP contribution in [-0.4, -0.2) is 15.5 Å². The van der Waals surface area contributed by atoms with E-state index in [-0.39, 0.29) is 11.9 Å². The fourth-order valence-corrected chi connectivity index (χ4v) is 4.45. The van der Waals surface area contributed by atoms with E-state index in [4.69, 9.17) is 4.98 Å². The van der Waals surface area contributed by atoms with Crippen molar-refractivity contribution in [1.29, 1.82) is 0 Å². The van der Waals surface area contributed by atoms with Crippen molar-refractivity contribution in [2.75, 3.05) is 0 Å². The van der Waals surface area contributed by atoms with Crippen molar-refractivity contribution in [2.45, 2.75) is 19.5 Å². The van der Waals surface area contributed by atoms with Crippen LogP contribution in [0.3, 0.4) is 0 Å². The molecule has 0 spiro atoms. The number of imidazole rings is 1. The summed E-state index contributed by atoms with van der Waals surface area (Å²) in [6, 6.07) is 39.8. The topological polar surface area (TPSA) is 46.9 Å². The number of nitrogens with zero attached hydrogens (tertiary/aromatic N) is 2. The van der Waals surface area contributed by atoms with Crippen molar-refractivity contribution in [3.63, 3.8) is 0 Å². The van der Waals surface area contributed by atoms with E-state index < -0.39 is 0 Å². The molecule has 5 aromatic rings. The fourth-order valence-electron chi connectivity index (χ4n) is 4.45. The van der Waals surface area contributed by atoms with Gasteiger partial charge in [0.25, 0.3) is 5.91 Å². The van der Waals surface area contributed by atoms with Crippen LogP contribution < -0.4 is 5.32 Å². The monoisotopic (exact) mass is 457 g/mol. The Hall–Kier alpha value is -4.44. The third-order valence-corrected chi connectivity index (χ3v) is 6.12. The number of rotatable bonds is 7. The van der Waals surface area contributed by atoms with Crippen LogP contribution in [-0.2, 0) is 6.54 Å². The van der Waals surface area contributed by atoms with Gasteiger partial charge in [-0.1, -0.05) is 121 Å². The zero-order chi connectivity index (χ0) is 24.0. The Kier molecular flexibility index (Phi) is 6.53. The predicted molar refractivity (Wildman–Crippen MR) is 141 cm³/mol. The molecule has 4 aromatic carbocycles. The summed E-state index contributed by atoms with van der Waals surface area (Å²) in [5, 5.41) is 3.32. The molecule has 5 rings (SSSR count). The van der Waals surface area contributed by atoms with Crippen LogP contribution in [0.5, 0.6) is 0 Å². The molecule has 0 saturated heterocycles. The van der Waals surface area contributed by atoms with E-state index >= 15 is 0 Å². The summed E-state index contributed by atoms with van der Waals surface area (Å²) >= 11 is 0. The molecule has 4 nitrogen and oxygen atoms in total. The molecule has 4 heteroatoms. The first-order valence-electron chi connectivity index (χ1n) is 11.9. The molecule has 35 heavy (non-hydrogen) atoms. The summed E-state index contributed by atoms with van der Waals surface area (Å²) in [4.78, 5) is 19.0. The lowest BCUT2D eigenvalue weighted by atomic mass is 9.98. The molecule has 0 aliphatic carbocycles. The van der Waals surface area contributed by atoms with Gasteiger partial charge in [0.15, 0.2) is 0 Å². The quantitative estimate of drug-likeness (QED) is 0.294. The molecule has 0 atom stereocenters. The number of aromatic nitrogens is 2. The minimum absolute atomic E-state index is 0.155. The van der Waals surface area contributed by atoms with Gasteiger partial charge in [-0.2, -0.15) is 0 Å². The van der Waals surface area contributed by atoms with E-state index in [0.29, 0.717) is 17.9 Å². The minimum atomic E-state index is -0.283. The maximum atomic E-state index is 14.0. The molecule has 0 bridgehead atoms. The molecule has 0 aliphatic heterocycles. The Bertz CT molecular complexity index is 1360. The molecular weight excluding hydrogens is 430 g/mol. The van der Waals surface area contributed by atoms with Gasteiger partial charge < -0.3 is 9.88 Å². The maximum absolute atomic E-state index is 14.0. The van der Waals surface area contributed by atoms with E-state index in [1.165, 1.54) is 0 Å². The number of amides is 1. The van der Waals surface area contributed by atoms with Crippen molar-refractivity contribution in [3.8, 4) is 22.6 Å². The number of hydrogen-bond acceptors (Lipinski definition) is 2. The van der Waals surface area contributed by atoms with E-state index in [1.54, 1.807) is 0 Å². The van der Waals surface area contributed by atoms with Gasteiger partial charge >= 0.3 is 0 Å². The zero-order valence-corrected chi connectivity index (χ0v) is 19.6. The Morgan fingerprint density at radius 1 is 0.714 bits per heavy atom. The molecule has 1 heterocycles. The number of nitrogens with one attached hydrogen (secondary N) is 1. The number of hydrogen-bond donors (Lipinski definition) is 1. The van der Waals surface area contributed by atoms with Gasteiger partial charge in [0.05, 0.1) is 6.04 Å². The third kappa shape index (κ3) is 4.64. The normalized spacial score (nSPS) is 10.9. The van der Waals surface area contributed by atoms with Gasteiger partial charge in [0.2, 0.25) is 0 Å². The van der Waals surface area contributed by atoms with Gasteiger partial charge in [-0.05, 0) is 18.1 Å². The third-order valence-electron chi connectivity index (χ3n) is 6.12. The summed E-state index contributed by atoms with van der Waals surface area (Å²) in [5.41, 5.74) is 5.20. The average Bonchev–Trinajstić information content (AvgIpc) is 3.33. The highest BCUT2D eigenvalue weighted by molar-refractivity contribution is 6.00. The van der Waals surface area contributed by atoms with Crippen molar-refractivity contribution >= 4 is 5.91 Å². The molecule has 0 fully saturated rings. The summed E-state index contributed by atoms with van der Waals surface area (Å²) < 4.78 is 2.01. The van der Waals surface area contributed by atoms with Crippen molar-refractivity contribution in [1.82, 2.24) is 14.9 Å². The largest absolute Gasteiger partial charge is 0.340 e. The average molecular weight is 458 g/mol. The molecule has 0 aliphatic rings. The van der Waals surface area contributed by atoms with Gasteiger partial charge in [-0.3, -0.25) is 4.79 Å². The summed E-state index contributed by atoms with van der Waals surface area (Å²) in [6.07, 6.45) is 0. The van der Waals surface area contributed by atoms with Crippen molar-refractivity contribution in [3.05, 3.63) is 138 Å². The number of carbonyl (C=O) groups excluding carboxylic acids is 1. The van der Waals surface area contributed by atoms with Crippen LogP contribution >= 0.6 is 0 Å². The maximum Gasteiger partial charge on any atom is 0.270 e. The van der Waals surface area contributed by atoms with E-state index in [2.05, 4.69) is 5.32 Å². The second-order valence-electron chi connectivity index (χ2n) is 8.34. The lowest BCUT2D eigenvalue weighted by molar-refractivity contribution is 0.0934. The van der Waals surface area contributed by atoms with Gasteiger partial charge in [0.1, 0.15) is 17.2 Å². The predicted octanol–water partition coefficient (Wildman–Crippen LogP) is 6.76. The zero-order valence-electron chi connectivity index (χ0n) is 19.6. The summed E-state index contributed by atoms with van der Waals surface area (Å²) in [5.74, 6) is 0.631. The highest BCUT2D eigenvalue weighted by atomic mass is 16.2. The van der Waals surface area contributed by atoms with Gasteiger partial charge in [-0.25, -0.2) is 4.98 Å². The summed E-state index contributed by atoms with van der Waals surface area (Å²) in [7, 11) is 0. The molecule has 0 unspecified atom stereocenters. The lowest BCUT2D eigenvalue weighted by Gasteiger charge is -2.21. The highest BCUT2D eigenvalue weighted by Crippen LogP contribution is 2.31. The van der Waals surface area contributed by atoms with Crippen molar-refractivity contribution in [2.24, 2.45) is 0 Å². The molecular formula is C31H27N3O. The highest BCUT2D eigenvalue weighted by Gasteiger charge is 2.26. The molecule has 0 radical (unpaired) electrons. The van der Waals surface area contributed by atoms with Crippen LogP contribution in [0.25, 0.3) is 22.6 Å². The van der Waals surface area contributed by atoms with Gasteiger partial charge in [0, 0.05) is 17.7 Å². The Balaban J connectivity index is 1.63. The lowest BCUT2D eigenvalue weighted by Crippen LogP contribution is -2.31. The smallest absolute Gasteiger partial charge is 0.270 e. The standard InChI is InChI=1S/C31H27N3O/c1-2-34-29(28(25-19-11-5-12-20-25)32-30(34)26-21-13-6-14-22-26)31(35)33-27(23-15-7-3-8-16-23)24-17-9-4-10-18-24/h3-22,27H,2H2,1H3,(H,33,35). The second kappa shape index (κ2) is 10.2. The molecule has 0 saturated carbocycles. The van der Waals surface area contributed by atoms with Crippen LogP contribution in [0, 0.1) is 0 Å². The van der Waals surface area contributed by atoms with Crippen LogP contribution in [0.4, 0.5) is 0 Å². The first kappa shape index (κ1) is 22.4. The second-order valence-corrected chi connectivity index (χ2v) is 8.34. The Morgan fingerprint density at radius 2 is 1.17 bits per heavy atom. The minimum Gasteiger partial charge on any atom is -0.340 e. The first-order chi connectivity index (χ1) is 17.3. The molecule has 1 N–H and O–H groups in total. The number of benzene rings is 4. The fraction of sp³-hybridized carbons (Fsp3) is 0.0968. The van der Waals surface area contributed by atoms with Crippen LogP contribution in [0.15, 0.2) is 121 Å². The van der Waals surface area contributed by atoms with E-state index in [0.717, 1.165) is 28.1 Å². The SMILES string of the molecule is CCn1c(-c2ccccc2)nc(-c2ccccc2)c1C(=O)NC(c1ccccc1)c1ccccc1. The molecule has 172 valence electrons. The van der Waals surface area contributed by atoms with E-state index in [1.807, 2.05) is 133 Å². The molecule has 1 aromatic heterocycles. The van der Waals surface area contributed by atoms with Crippen LogP contribution in [0.2, 0.25) is 0 Å². The Morgan fingerprint density at radius 3 is 1.66 bits per heavy atom. The summed E-state index contributed by atoms with van der Waals surface area (Å²) in [6.45, 7) is 2.67. The van der Waals surface area contributed by atoms with Crippen LogP contribution in [0.1, 0.15) is 34.6 Å². The molecule has 1 amide bonds.